The molecule has 0 spiro atoms. The Balaban J connectivity index is 1.82. The highest BCUT2D eigenvalue weighted by atomic mass is 16.5. The fraction of sp³-hybridized carbons (Fsp3) is 0.240. The Morgan fingerprint density at radius 1 is 0.857 bits per heavy atom. The molecule has 0 aliphatic rings. The second kappa shape index (κ2) is 9.23. The van der Waals surface area contributed by atoms with E-state index in [1.807, 2.05) is 68.4 Å². The summed E-state index contributed by atoms with van der Waals surface area (Å²) in [5.74, 6) is 0.604. The molecule has 0 fully saturated rings. The van der Waals surface area contributed by atoms with Crippen molar-refractivity contribution in [2.24, 2.45) is 0 Å². The molecule has 0 unspecified atom stereocenters. The SMILES string of the molecule is CC[C@@H](Oc1cccc(C)c1)C(=O)N[C@@H](c1ccccc1)c1ccc(C)cc1. The topological polar surface area (TPSA) is 38.3 Å². The lowest BCUT2D eigenvalue weighted by atomic mass is 9.97. The molecule has 3 aromatic rings. The van der Waals surface area contributed by atoms with Gasteiger partial charge in [0.05, 0.1) is 6.04 Å². The summed E-state index contributed by atoms with van der Waals surface area (Å²) >= 11 is 0. The van der Waals surface area contributed by atoms with Crippen LogP contribution in [0.3, 0.4) is 0 Å². The van der Waals surface area contributed by atoms with E-state index < -0.39 is 6.10 Å². The average Bonchev–Trinajstić information content (AvgIpc) is 2.71. The van der Waals surface area contributed by atoms with Crippen LogP contribution < -0.4 is 10.1 Å². The van der Waals surface area contributed by atoms with E-state index in [1.165, 1.54) is 5.56 Å². The van der Waals surface area contributed by atoms with Gasteiger partial charge in [-0.3, -0.25) is 4.79 Å². The van der Waals surface area contributed by atoms with Crippen LogP contribution in [0, 0.1) is 13.8 Å². The van der Waals surface area contributed by atoms with E-state index in [4.69, 9.17) is 4.74 Å². The minimum atomic E-state index is -0.543. The third-order valence-corrected chi connectivity index (χ3v) is 4.76. The largest absolute Gasteiger partial charge is 0.481 e. The number of hydrogen-bond donors (Lipinski definition) is 1. The van der Waals surface area contributed by atoms with Gasteiger partial charge in [0.2, 0.25) is 0 Å². The predicted octanol–water partition coefficient (Wildman–Crippen LogP) is 5.37. The zero-order chi connectivity index (χ0) is 19.9. The van der Waals surface area contributed by atoms with Crippen molar-refractivity contribution in [2.45, 2.75) is 39.3 Å². The van der Waals surface area contributed by atoms with Crippen molar-refractivity contribution in [2.75, 3.05) is 0 Å². The molecule has 144 valence electrons. The van der Waals surface area contributed by atoms with Gasteiger partial charge in [-0.05, 0) is 49.1 Å². The van der Waals surface area contributed by atoms with E-state index in [1.54, 1.807) is 0 Å². The van der Waals surface area contributed by atoms with Gasteiger partial charge in [0, 0.05) is 0 Å². The number of amides is 1. The molecular formula is C25H27NO2. The maximum Gasteiger partial charge on any atom is 0.261 e. The quantitative estimate of drug-likeness (QED) is 0.605. The lowest BCUT2D eigenvalue weighted by molar-refractivity contribution is -0.128. The summed E-state index contributed by atoms with van der Waals surface area (Å²) < 4.78 is 5.99. The first-order chi connectivity index (χ1) is 13.6. The van der Waals surface area contributed by atoms with Gasteiger partial charge in [0.25, 0.3) is 5.91 Å². The van der Waals surface area contributed by atoms with Crippen molar-refractivity contribution in [3.8, 4) is 5.75 Å². The van der Waals surface area contributed by atoms with Crippen LogP contribution in [-0.2, 0) is 4.79 Å². The van der Waals surface area contributed by atoms with Crippen molar-refractivity contribution in [1.82, 2.24) is 5.32 Å². The number of nitrogens with one attached hydrogen (secondary N) is 1. The Kier molecular flexibility index (Phi) is 6.49. The summed E-state index contributed by atoms with van der Waals surface area (Å²) in [7, 11) is 0. The second-order valence-corrected chi connectivity index (χ2v) is 7.09. The Bertz CT molecular complexity index is 903. The molecule has 0 saturated carbocycles. The predicted molar refractivity (Wildman–Crippen MR) is 113 cm³/mol. The molecule has 0 aromatic heterocycles. The van der Waals surface area contributed by atoms with Gasteiger partial charge < -0.3 is 10.1 Å². The first-order valence-corrected chi connectivity index (χ1v) is 9.72. The van der Waals surface area contributed by atoms with E-state index in [0.29, 0.717) is 12.2 Å². The summed E-state index contributed by atoms with van der Waals surface area (Å²) in [6, 6.07) is 25.9. The second-order valence-electron chi connectivity index (χ2n) is 7.09. The third-order valence-electron chi connectivity index (χ3n) is 4.76. The number of ether oxygens (including phenoxy) is 1. The molecule has 0 bridgehead atoms. The molecule has 3 nitrogen and oxygen atoms in total. The summed E-state index contributed by atoms with van der Waals surface area (Å²) in [6.07, 6.45) is 0.0494. The molecule has 3 heteroatoms. The van der Waals surface area contributed by atoms with Crippen LogP contribution >= 0.6 is 0 Å². The van der Waals surface area contributed by atoms with Crippen molar-refractivity contribution >= 4 is 5.91 Å². The zero-order valence-corrected chi connectivity index (χ0v) is 16.7. The fourth-order valence-electron chi connectivity index (χ4n) is 3.17. The Morgan fingerprint density at radius 3 is 2.18 bits per heavy atom. The third kappa shape index (κ3) is 5.01. The molecule has 0 heterocycles. The van der Waals surface area contributed by atoms with Crippen LogP contribution in [0.2, 0.25) is 0 Å². The lowest BCUT2D eigenvalue weighted by Gasteiger charge is -2.24. The van der Waals surface area contributed by atoms with Crippen LogP contribution in [0.15, 0.2) is 78.9 Å². The maximum absolute atomic E-state index is 13.1. The van der Waals surface area contributed by atoms with Gasteiger partial charge in [-0.1, -0.05) is 79.2 Å². The molecule has 0 saturated heterocycles. The molecule has 0 aliphatic carbocycles. The van der Waals surface area contributed by atoms with Crippen LogP contribution in [0.5, 0.6) is 5.75 Å². The number of carbonyl (C=O) groups is 1. The highest BCUT2D eigenvalue weighted by Crippen LogP contribution is 2.23. The number of carbonyl (C=O) groups excluding carboxylic acids is 1. The van der Waals surface area contributed by atoms with Gasteiger partial charge in [-0.2, -0.15) is 0 Å². The van der Waals surface area contributed by atoms with Gasteiger partial charge in [-0.25, -0.2) is 0 Å². The number of rotatable bonds is 7. The van der Waals surface area contributed by atoms with Crippen molar-refractivity contribution in [3.05, 3.63) is 101 Å². The summed E-state index contributed by atoms with van der Waals surface area (Å²) in [6.45, 7) is 6.03. The maximum atomic E-state index is 13.1. The zero-order valence-electron chi connectivity index (χ0n) is 16.7. The number of benzene rings is 3. The van der Waals surface area contributed by atoms with Gasteiger partial charge in [0.15, 0.2) is 6.10 Å². The molecule has 2 atom stereocenters. The highest BCUT2D eigenvalue weighted by molar-refractivity contribution is 5.82. The van der Waals surface area contributed by atoms with Crippen LogP contribution in [0.25, 0.3) is 0 Å². The first kappa shape index (κ1) is 19.7. The summed E-state index contributed by atoms with van der Waals surface area (Å²) in [5, 5.41) is 3.19. The molecular weight excluding hydrogens is 346 g/mol. The monoisotopic (exact) mass is 373 g/mol. The van der Waals surface area contributed by atoms with Crippen molar-refractivity contribution < 1.29 is 9.53 Å². The van der Waals surface area contributed by atoms with Crippen LogP contribution in [-0.4, -0.2) is 12.0 Å². The molecule has 3 rings (SSSR count). The van der Waals surface area contributed by atoms with Gasteiger partial charge in [0.1, 0.15) is 5.75 Å². The van der Waals surface area contributed by atoms with Crippen LogP contribution in [0.4, 0.5) is 0 Å². The number of hydrogen-bond acceptors (Lipinski definition) is 2. The first-order valence-electron chi connectivity index (χ1n) is 9.72. The molecule has 0 aliphatic heterocycles. The molecule has 3 aromatic carbocycles. The highest BCUT2D eigenvalue weighted by Gasteiger charge is 2.23. The van der Waals surface area contributed by atoms with E-state index in [0.717, 1.165) is 16.7 Å². The van der Waals surface area contributed by atoms with E-state index in [2.05, 4.69) is 36.5 Å². The van der Waals surface area contributed by atoms with E-state index in [9.17, 15) is 4.79 Å². The Hall–Kier alpha value is -3.07. The number of aryl methyl sites for hydroxylation is 2. The van der Waals surface area contributed by atoms with Crippen molar-refractivity contribution in [3.63, 3.8) is 0 Å². The summed E-state index contributed by atoms with van der Waals surface area (Å²) in [4.78, 5) is 13.1. The minimum Gasteiger partial charge on any atom is -0.481 e. The molecule has 1 amide bonds. The standard InChI is InChI=1S/C25H27NO2/c1-4-23(28-22-12-8-9-19(3)17-22)25(27)26-24(20-10-6-5-7-11-20)21-15-13-18(2)14-16-21/h5-17,23-24H,4H2,1-3H3,(H,26,27)/t23-,24+/m1/s1. The molecule has 0 radical (unpaired) electrons. The van der Waals surface area contributed by atoms with Crippen molar-refractivity contribution in [1.29, 1.82) is 0 Å². The van der Waals surface area contributed by atoms with Gasteiger partial charge in [-0.15, -0.1) is 0 Å². The molecule has 1 N–H and O–H groups in total. The summed E-state index contributed by atoms with van der Waals surface area (Å²) in [5.41, 5.74) is 4.39. The Labute approximate surface area is 167 Å². The smallest absolute Gasteiger partial charge is 0.261 e. The Morgan fingerprint density at radius 2 is 1.54 bits per heavy atom. The molecule has 28 heavy (non-hydrogen) atoms. The normalized spacial score (nSPS) is 12.8. The van der Waals surface area contributed by atoms with Crippen LogP contribution in [0.1, 0.15) is 41.6 Å². The van der Waals surface area contributed by atoms with E-state index >= 15 is 0 Å². The minimum absolute atomic E-state index is 0.113. The van der Waals surface area contributed by atoms with E-state index in [-0.39, 0.29) is 11.9 Å². The lowest BCUT2D eigenvalue weighted by Crippen LogP contribution is -2.40. The average molecular weight is 373 g/mol. The fourth-order valence-corrected chi connectivity index (χ4v) is 3.17. The van der Waals surface area contributed by atoms with Gasteiger partial charge >= 0.3 is 0 Å².